The van der Waals surface area contributed by atoms with Gasteiger partial charge in [-0.25, -0.2) is 9.97 Å². The van der Waals surface area contributed by atoms with Crippen molar-refractivity contribution < 1.29 is 8.78 Å². The molecule has 0 bridgehead atoms. The van der Waals surface area contributed by atoms with E-state index in [1.807, 2.05) is 42.6 Å². The smallest absolute Gasteiger partial charge is 0.216 e. The first kappa shape index (κ1) is 17.2. The summed E-state index contributed by atoms with van der Waals surface area (Å²) in [6.07, 6.45) is 0. The molecule has 0 saturated heterocycles. The summed E-state index contributed by atoms with van der Waals surface area (Å²) in [5, 5.41) is 5.88. The van der Waals surface area contributed by atoms with Gasteiger partial charge in [0.2, 0.25) is 11.9 Å². The van der Waals surface area contributed by atoms with Gasteiger partial charge in [0.15, 0.2) is 5.13 Å². The lowest BCUT2D eigenvalue weighted by atomic mass is 10.0. The van der Waals surface area contributed by atoms with Crippen LogP contribution >= 0.6 is 11.3 Å². The highest BCUT2D eigenvalue weighted by molar-refractivity contribution is 7.14. The van der Waals surface area contributed by atoms with E-state index in [4.69, 9.17) is 0 Å². The molecule has 0 amide bonds. The highest BCUT2D eigenvalue weighted by Gasteiger charge is 2.08. The van der Waals surface area contributed by atoms with E-state index in [1.165, 1.54) is 23.5 Å². The van der Waals surface area contributed by atoms with Crippen molar-refractivity contribution in [3.05, 3.63) is 77.6 Å². The highest BCUT2D eigenvalue weighted by Crippen LogP contribution is 2.29. The standard InChI is InChI=1S/C20H14F2N4S/c1-12-3-2-4-19(23-12)26-20-24-16(11-27-20)14-7-5-13(6-8-14)15-9-17(21)25-18(22)10-15/h2-11H,1H3,(H,23,24,26). The summed E-state index contributed by atoms with van der Waals surface area (Å²) >= 11 is 1.48. The van der Waals surface area contributed by atoms with Crippen LogP contribution in [0.4, 0.5) is 19.7 Å². The molecule has 0 aliphatic heterocycles. The first-order chi connectivity index (χ1) is 13.1. The molecule has 4 rings (SSSR count). The second kappa shape index (κ2) is 7.20. The second-order valence-corrected chi connectivity index (χ2v) is 6.76. The number of nitrogens with one attached hydrogen (secondary N) is 1. The van der Waals surface area contributed by atoms with Gasteiger partial charge in [-0.1, -0.05) is 30.3 Å². The van der Waals surface area contributed by atoms with Gasteiger partial charge in [-0.3, -0.25) is 0 Å². The van der Waals surface area contributed by atoms with Gasteiger partial charge in [-0.2, -0.15) is 13.8 Å². The number of pyridine rings is 2. The fourth-order valence-electron chi connectivity index (χ4n) is 2.65. The van der Waals surface area contributed by atoms with E-state index >= 15 is 0 Å². The number of hydrogen-bond donors (Lipinski definition) is 1. The predicted octanol–water partition coefficient (Wildman–Crippen LogP) is 5.60. The summed E-state index contributed by atoms with van der Waals surface area (Å²) in [5.41, 5.74) is 3.80. The van der Waals surface area contributed by atoms with Gasteiger partial charge in [0.25, 0.3) is 0 Å². The molecule has 1 aromatic carbocycles. The van der Waals surface area contributed by atoms with E-state index in [0.717, 1.165) is 27.9 Å². The number of aryl methyl sites for hydroxylation is 1. The van der Waals surface area contributed by atoms with Crippen molar-refractivity contribution in [1.29, 1.82) is 0 Å². The summed E-state index contributed by atoms with van der Waals surface area (Å²) < 4.78 is 26.6. The molecule has 0 spiro atoms. The van der Waals surface area contributed by atoms with Crippen LogP contribution < -0.4 is 5.32 Å². The lowest BCUT2D eigenvalue weighted by molar-refractivity contribution is 0.513. The van der Waals surface area contributed by atoms with Crippen molar-refractivity contribution in [1.82, 2.24) is 15.0 Å². The van der Waals surface area contributed by atoms with Gasteiger partial charge >= 0.3 is 0 Å². The van der Waals surface area contributed by atoms with Crippen molar-refractivity contribution in [2.45, 2.75) is 6.92 Å². The van der Waals surface area contributed by atoms with Crippen LogP contribution in [0.15, 0.2) is 60.0 Å². The fourth-order valence-corrected chi connectivity index (χ4v) is 3.38. The number of rotatable bonds is 4. The van der Waals surface area contributed by atoms with Gasteiger partial charge in [0, 0.05) is 28.8 Å². The van der Waals surface area contributed by atoms with Gasteiger partial charge < -0.3 is 5.32 Å². The van der Waals surface area contributed by atoms with E-state index in [2.05, 4.69) is 20.3 Å². The monoisotopic (exact) mass is 380 g/mol. The van der Waals surface area contributed by atoms with E-state index in [0.29, 0.717) is 11.1 Å². The molecule has 4 aromatic rings. The van der Waals surface area contributed by atoms with Crippen molar-refractivity contribution in [2.24, 2.45) is 0 Å². The molecule has 3 aromatic heterocycles. The highest BCUT2D eigenvalue weighted by atomic mass is 32.1. The molecule has 3 heterocycles. The zero-order valence-electron chi connectivity index (χ0n) is 14.3. The molecule has 134 valence electrons. The Morgan fingerprint density at radius 2 is 1.52 bits per heavy atom. The molecule has 0 aliphatic rings. The molecular formula is C20H14F2N4S. The Hall–Kier alpha value is -3.19. The summed E-state index contributed by atoms with van der Waals surface area (Å²) in [6, 6.07) is 15.5. The first-order valence-electron chi connectivity index (χ1n) is 8.17. The normalized spacial score (nSPS) is 10.8. The van der Waals surface area contributed by atoms with Crippen molar-refractivity contribution in [3.63, 3.8) is 0 Å². The average Bonchev–Trinajstić information content (AvgIpc) is 3.09. The minimum absolute atomic E-state index is 0.442. The predicted molar refractivity (Wildman–Crippen MR) is 103 cm³/mol. The molecule has 0 atom stereocenters. The Kier molecular flexibility index (Phi) is 4.60. The Morgan fingerprint density at radius 1 is 0.815 bits per heavy atom. The van der Waals surface area contributed by atoms with Gasteiger partial charge in [0.05, 0.1) is 5.69 Å². The second-order valence-electron chi connectivity index (χ2n) is 5.91. The Balaban J connectivity index is 1.55. The maximum Gasteiger partial charge on any atom is 0.216 e. The minimum Gasteiger partial charge on any atom is -0.316 e. The Morgan fingerprint density at radius 3 is 2.22 bits per heavy atom. The Bertz CT molecular complexity index is 1070. The van der Waals surface area contributed by atoms with Crippen molar-refractivity contribution in [2.75, 3.05) is 5.32 Å². The van der Waals surface area contributed by atoms with Crippen LogP contribution in [0.2, 0.25) is 0 Å². The number of benzene rings is 1. The molecule has 0 unspecified atom stereocenters. The van der Waals surface area contributed by atoms with E-state index < -0.39 is 11.9 Å². The van der Waals surface area contributed by atoms with Crippen LogP contribution in [0.5, 0.6) is 0 Å². The quantitative estimate of drug-likeness (QED) is 0.469. The number of nitrogens with zero attached hydrogens (tertiary/aromatic N) is 3. The van der Waals surface area contributed by atoms with Crippen LogP contribution in [0, 0.1) is 18.8 Å². The Labute approximate surface area is 158 Å². The number of halogens is 2. The van der Waals surface area contributed by atoms with Crippen LogP contribution in [0.3, 0.4) is 0 Å². The molecular weight excluding hydrogens is 366 g/mol. The maximum atomic E-state index is 13.3. The molecule has 0 saturated carbocycles. The summed E-state index contributed by atoms with van der Waals surface area (Å²) in [6.45, 7) is 1.93. The third kappa shape index (κ3) is 3.98. The third-order valence-corrected chi connectivity index (χ3v) is 4.66. The van der Waals surface area contributed by atoms with Crippen LogP contribution in [-0.2, 0) is 0 Å². The molecule has 0 fully saturated rings. The van der Waals surface area contributed by atoms with Crippen LogP contribution in [-0.4, -0.2) is 15.0 Å². The van der Waals surface area contributed by atoms with Crippen molar-refractivity contribution in [3.8, 4) is 22.4 Å². The molecule has 0 aliphatic carbocycles. The van der Waals surface area contributed by atoms with Gasteiger partial charge in [-0.15, -0.1) is 11.3 Å². The van der Waals surface area contributed by atoms with E-state index in [-0.39, 0.29) is 0 Å². The lowest BCUT2D eigenvalue weighted by Gasteiger charge is -2.04. The van der Waals surface area contributed by atoms with Crippen LogP contribution in [0.1, 0.15) is 5.69 Å². The summed E-state index contributed by atoms with van der Waals surface area (Å²) in [7, 11) is 0. The SMILES string of the molecule is Cc1cccc(Nc2nc(-c3ccc(-c4cc(F)nc(F)c4)cc3)cs2)n1. The minimum atomic E-state index is -0.839. The zero-order valence-corrected chi connectivity index (χ0v) is 15.1. The van der Waals surface area contributed by atoms with Crippen molar-refractivity contribution >= 4 is 22.3 Å². The van der Waals surface area contributed by atoms with E-state index in [1.54, 1.807) is 12.1 Å². The molecule has 1 N–H and O–H groups in total. The lowest BCUT2D eigenvalue weighted by Crippen LogP contribution is -1.93. The van der Waals surface area contributed by atoms with E-state index in [9.17, 15) is 8.78 Å². The number of hydrogen-bond acceptors (Lipinski definition) is 5. The zero-order chi connectivity index (χ0) is 18.8. The van der Waals surface area contributed by atoms with Gasteiger partial charge in [0.1, 0.15) is 5.82 Å². The average molecular weight is 380 g/mol. The number of aromatic nitrogens is 3. The molecule has 7 heteroatoms. The molecule has 27 heavy (non-hydrogen) atoms. The topological polar surface area (TPSA) is 50.7 Å². The molecule has 4 nitrogen and oxygen atoms in total. The largest absolute Gasteiger partial charge is 0.316 e. The maximum absolute atomic E-state index is 13.3. The summed E-state index contributed by atoms with van der Waals surface area (Å²) in [5.74, 6) is -0.934. The summed E-state index contributed by atoms with van der Waals surface area (Å²) in [4.78, 5) is 12.1. The third-order valence-electron chi connectivity index (χ3n) is 3.90. The molecule has 0 radical (unpaired) electrons. The van der Waals surface area contributed by atoms with Gasteiger partial charge in [-0.05, 0) is 30.2 Å². The fraction of sp³-hybridized carbons (Fsp3) is 0.0500. The first-order valence-corrected chi connectivity index (χ1v) is 9.05. The number of anilines is 2. The number of thiazole rings is 1. The van der Waals surface area contributed by atoms with Crippen LogP contribution in [0.25, 0.3) is 22.4 Å².